The first-order valence-electron chi connectivity index (χ1n) is 7.21. The normalized spacial score (nSPS) is 10.9. The van der Waals surface area contributed by atoms with Crippen molar-refractivity contribution in [2.24, 2.45) is 0 Å². The number of nitrogens with one attached hydrogen (secondary N) is 1. The summed E-state index contributed by atoms with van der Waals surface area (Å²) in [6.07, 6.45) is 3.86. The van der Waals surface area contributed by atoms with E-state index in [-0.39, 0.29) is 5.91 Å². The summed E-state index contributed by atoms with van der Waals surface area (Å²) in [6, 6.07) is 7.34. The number of aromatic nitrogens is 3. The van der Waals surface area contributed by atoms with Crippen LogP contribution < -0.4 is 10.1 Å². The summed E-state index contributed by atoms with van der Waals surface area (Å²) < 4.78 is 9.79. The maximum Gasteiger partial charge on any atom is 0.252 e. The van der Waals surface area contributed by atoms with Gasteiger partial charge < -0.3 is 14.6 Å². The highest BCUT2D eigenvalue weighted by atomic mass is 79.9. The number of nitrogens with zero attached hydrogens (tertiary/aromatic N) is 3. The summed E-state index contributed by atoms with van der Waals surface area (Å²) in [7, 11) is 1.58. The van der Waals surface area contributed by atoms with Crippen LogP contribution in [0.2, 0.25) is 0 Å². The van der Waals surface area contributed by atoms with Crippen molar-refractivity contribution in [3.8, 4) is 5.75 Å². The monoisotopic (exact) mass is 376 g/mol. The Bertz CT molecular complexity index is 853. The lowest BCUT2D eigenvalue weighted by atomic mass is 10.2. The Kier molecular flexibility index (Phi) is 4.38. The third-order valence-corrected chi connectivity index (χ3v) is 4.27. The fourth-order valence-electron chi connectivity index (χ4n) is 2.43. The molecule has 2 aromatic heterocycles. The molecule has 3 rings (SSSR count). The summed E-state index contributed by atoms with van der Waals surface area (Å²) in [5.41, 5.74) is 2.54. The minimum atomic E-state index is -0.136. The van der Waals surface area contributed by atoms with Gasteiger partial charge in [-0.2, -0.15) is 5.10 Å². The van der Waals surface area contributed by atoms with Gasteiger partial charge in [0.15, 0.2) is 0 Å². The second kappa shape index (κ2) is 6.45. The molecule has 120 valence electrons. The predicted molar refractivity (Wildman–Crippen MR) is 90.9 cm³/mol. The van der Waals surface area contributed by atoms with E-state index in [4.69, 9.17) is 4.74 Å². The molecular formula is C16H17BrN4O2. The SMILES string of the molecule is COc1ccc(Br)c(C(=O)NCCn2ccn3nc(C)cc23)c1. The molecule has 2 heterocycles. The number of aryl methyl sites for hydroxylation is 1. The average molecular weight is 377 g/mol. The van der Waals surface area contributed by atoms with Crippen molar-refractivity contribution in [2.45, 2.75) is 13.5 Å². The summed E-state index contributed by atoms with van der Waals surface area (Å²) >= 11 is 3.39. The van der Waals surface area contributed by atoms with Crippen LogP contribution in [0.3, 0.4) is 0 Å². The van der Waals surface area contributed by atoms with E-state index in [0.29, 0.717) is 24.4 Å². The molecule has 0 aliphatic heterocycles. The largest absolute Gasteiger partial charge is 0.497 e. The summed E-state index contributed by atoms with van der Waals surface area (Å²) in [6.45, 7) is 3.16. The van der Waals surface area contributed by atoms with Gasteiger partial charge >= 0.3 is 0 Å². The molecule has 0 spiro atoms. The van der Waals surface area contributed by atoms with Gasteiger partial charge in [0, 0.05) is 36.0 Å². The first-order valence-corrected chi connectivity index (χ1v) is 8.00. The second-order valence-electron chi connectivity index (χ2n) is 5.18. The van der Waals surface area contributed by atoms with Gasteiger partial charge in [0.1, 0.15) is 11.4 Å². The zero-order chi connectivity index (χ0) is 16.4. The highest BCUT2D eigenvalue weighted by Crippen LogP contribution is 2.22. The van der Waals surface area contributed by atoms with Gasteiger partial charge in [-0.1, -0.05) is 0 Å². The molecule has 0 atom stereocenters. The molecular weight excluding hydrogens is 360 g/mol. The Balaban J connectivity index is 1.65. The first kappa shape index (κ1) is 15.6. The van der Waals surface area contributed by atoms with Crippen molar-refractivity contribution in [2.75, 3.05) is 13.7 Å². The Labute approximate surface area is 142 Å². The van der Waals surface area contributed by atoms with E-state index in [9.17, 15) is 4.79 Å². The van der Waals surface area contributed by atoms with Crippen molar-refractivity contribution in [3.63, 3.8) is 0 Å². The van der Waals surface area contributed by atoms with Crippen LogP contribution >= 0.6 is 15.9 Å². The average Bonchev–Trinajstić information content (AvgIpc) is 3.07. The molecule has 0 aliphatic carbocycles. The Morgan fingerprint density at radius 1 is 1.35 bits per heavy atom. The van der Waals surface area contributed by atoms with Gasteiger partial charge in [0.2, 0.25) is 0 Å². The molecule has 0 fully saturated rings. The predicted octanol–water partition coefficient (Wildman–Crippen LogP) is 2.65. The van der Waals surface area contributed by atoms with Crippen LogP contribution in [-0.2, 0) is 6.54 Å². The summed E-state index contributed by atoms with van der Waals surface area (Å²) in [5, 5.41) is 7.27. The quantitative estimate of drug-likeness (QED) is 0.744. The number of halogens is 1. The van der Waals surface area contributed by atoms with Gasteiger partial charge in [-0.3, -0.25) is 4.79 Å². The molecule has 3 aromatic rings. The number of ether oxygens (including phenoxy) is 1. The number of imidazole rings is 1. The maximum atomic E-state index is 12.3. The fourth-order valence-corrected chi connectivity index (χ4v) is 2.85. The molecule has 7 heteroatoms. The lowest BCUT2D eigenvalue weighted by Gasteiger charge is -2.09. The van der Waals surface area contributed by atoms with Gasteiger partial charge in [0.05, 0.1) is 18.4 Å². The minimum Gasteiger partial charge on any atom is -0.497 e. The number of methoxy groups -OCH3 is 1. The Hall–Kier alpha value is -2.28. The van der Waals surface area contributed by atoms with Crippen LogP contribution in [0.15, 0.2) is 41.1 Å². The summed E-state index contributed by atoms with van der Waals surface area (Å²) in [4.78, 5) is 12.3. The fraction of sp³-hybridized carbons (Fsp3) is 0.250. The van der Waals surface area contributed by atoms with E-state index in [0.717, 1.165) is 15.8 Å². The van der Waals surface area contributed by atoms with Gasteiger partial charge in [-0.25, -0.2) is 4.52 Å². The van der Waals surface area contributed by atoms with Gasteiger partial charge in [0.25, 0.3) is 5.91 Å². The number of fused-ring (bicyclic) bond motifs is 1. The van der Waals surface area contributed by atoms with E-state index in [1.54, 1.807) is 25.3 Å². The number of carbonyl (C=O) groups excluding carboxylic acids is 1. The van der Waals surface area contributed by atoms with Crippen molar-refractivity contribution in [3.05, 3.63) is 52.4 Å². The highest BCUT2D eigenvalue weighted by Gasteiger charge is 2.11. The third kappa shape index (κ3) is 3.24. The van der Waals surface area contributed by atoms with E-state index in [2.05, 4.69) is 30.9 Å². The first-order chi connectivity index (χ1) is 11.1. The second-order valence-corrected chi connectivity index (χ2v) is 6.04. The standard InChI is InChI=1S/C16H17BrN4O2/c1-11-9-15-20(7-8-21(15)19-11)6-5-18-16(22)13-10-12(23-2)3-4-14(13)17/h3-4,7-10H,5-6H2,1-2H3,(H,18,22). The molecule has 1 aromatic carbocycles. The number of hydrogen-bond acceptors (Lipinski definition) is 3. The molecule has 0 aliphatic rings. The van der Waals surface area contributed by atoms with Gasteiger partial charge in [-0.05, 0) is 41.1 Å². The number of carbonyl (C=O) groups is 1. The van der Waals surface area contributed by atoms with Crippen LogP contribution in [0.5, 0.6) is 5.75 Å². The van der Waals surface area contributed by atoms with Gasteiger partial charge in [-0.15, -0.1) is 0 Å². The number of benzene rings is 1. The van der Waals surface area contributed by atoms with Crippen LogP contribution in [0.1, 0.15) is 16.1 Å². The van der Waals surface area contributed by atoms with E-state index in [1.165, 1.54) is 0 Å². The van der Waals surface area contributed by atoms with Crippen molar-refractivity contribution in [1.82, 2.24) is 19.5 Å². The zero-order valence-corrected chi connectivity index (χ0v) is 14.5. The van der Waals surface area contributed by atoms with Crippen molar-refractivity contribution in [1.29, 1.82) is 0 Å². The highest BCUT2D eigenvalue weighted by molar-refractivity contribution is 9.10. The molecule has 0 saturated heterocycles. The van der Waals surface area contributed by atoms with E-state index in [1.807, 2.05) is 29.9 Å². The lowest BCUT2D eigenvalue weighted by Crippen LogP contribution is -2.27. The number of rotatable bonds is 5. The molecule has 0 bridgehead atoms. The Morgan fingerprint density at radius 3 is 2.96 bits per heavy atom. The van der Waals surface area contributed by atoms with Crippen LogP contribution in [0.25, 0.3) is 5.65 Å². The number of hydrogen-bond donors (Lipinski definition) is 1. The summed E-state index contributed by atoms with van der Waals surface area (Å²) in [5.74, 6) is 0.517. The van der Waals surface area contributed by atoms with Crippen LogP contribution in [-0.4, -0.2) is 33.7 Å². The van der Waals surface area contributed by atoms with E-state index >= 15 is 0 Å². The van der Waals surface area contributed by atoms with Crippen LogP contribution in [0, 0.1) is 6.92 Å². The third-order valence-electron chi connectivity index (χ3n) is 3.58. The molecule has 1 amide bonds. The van der Waals surface area contributed by atoms with Crippen LogP contribution in [0.4, 0.5) is 0 Å². The van der Waals surface area contributed by atoms with E-state index < -0.39 is 0 Å². The zero-order valence-electron chi connectivity index (χ0n) is 12.9. The molecule has 23 heavy (non-hydrogen) atoms. The lowest BCUT2D eigenvalue weighted by molar-refractivity contribution is 0.0951. The van der Waals surface area contributed by atoms with Crippen molar-refractivity contribution >= 4 is 27.5 Å². The maximum absolute atomic E-state index is 12.3. The topological polar surface area (TPSA) is 60.6 Å². The van der Waals surface area contributed by atoms with Crippen molar-refractivity contribution < 1.29 is 9.53 Å². The Morgan fingerprint density at radius 2 is 2.17 bits per heavy atom. The molecule has 0 unspecified atom stereocenters. The molecule has 0 radical (unpaired) electrons. The smallest absolute Gasteiger partial charge is 0.252 e. The molecule has 6 nitrogen and oxygen atoms in total. The molecule has 1 N–H and O–H groups in total. The molecule has 0 saturated carbocycles. The number of amides is 1. The minimum absolute atomic E-state index is 0.136.